The van der Waals surface area contributed by atoms with Crippen molar-refractivity contribution in [2.45, 2.75) is 25.8 Å². The van der Waals surface area contributed by atoms with Gasteiger partial charge in [0.1, 0.15) is 6.54 Å². The van der Waals surface area contributed by atoms with Gasteiger partial charge in [-0.2, -0.15) is 0 Å². The van der Waals surface area contributed by atoms with Crippen LogP contribution in [0.15, 0.2) is 48.5 Å². The minimum atomic E-state index is -0.258. The normalized spacial score (nSPS) is 14.1. The molecule has 140 valence electrons. The molecule has 1 aliphatic rings. The molecule has 27 heavy (non-hydrogen) atoms. The number of anilines is 2. The lowest BCUT2D eigenvalue weighted by molar-refractivity contribution is -0.126. The molecule has 0 aliphatic carbocycles. The molecule has 7 heteroatoms. The molecule has 0 saturated heterocycles. The van der Waals surface area contributed by atoms with Gasteiger partial charge < -0.3 is 15.5 Å². The van der Waals surface area contributed by atoms with Crippen LogP contribution in [-0.2, 0) is 14.4 Å². The van der Waals surface area contributed by atoms with E-state index in [0.717, 1.165) is 5.56 Å². The molecule has 0 fully saturated rings. The van der Waals surface area contributed by atoms with Crippen molar-refractivity contribution in [3.63, 3.8) is 0 Å². The third-order valence-corrected chi connectivity index (χ3v) is 4.64. The summed E-state index contributed by atoms with van der Waals surface area (Å²) in [6.07, 6.45) is 0.0812. The molecule has 0 saturated carbocycles. The molecule has 2 aromatic carbocycles. The smallest absolute Gasteiger partial charge is 0.244 e. The van der Waals surface area contributed by atoms with E-state index in [1.54, 1.807) is 36.4 Å². The van der Waals surface area contributed by atoms with Gasteiger partial charge in [-0.1, -0.05) is 35.9 Å². The molecular formula is C20H20ClN3O3. The maximum Gasteiger partial charge on any atom is 0.244 e. The van der Waals surface area contributed by atoms with Crippen molar-refractivity contribution in [2.24, 2.45) is 0 Å². The first-order valence-corrected chi connectivity index (χ1v) is 9.06. The summed E-state index contributed by atoms with van der Waals surface area (Å²) in [5.41, 5.74) is 2.18. The number of hydrogen-bond acceptors (Lipinski definition) is 3. The van der Waals surface area contributed by atoms with Gasteiger partial charge in [0.05, 0.1) is 17.4 Å². The molecule has 3 rings (SSSR count). The van der Waals surface area contributed by atoms with Gasteiger partial charge in [0, 0.05) is 17.9 Å². The number of nitrogens with one attached hydrogen (secondary N) is 2. The second-order valence-corrected chi connectivity index (χ2v) is 6.82. The van der Waals surface area contributed by atoms with Crippen LogP contribution in [-0.4, -0.2) is 24.3 Å². The summed E-state index contributed by atoms with van der Waals surface area (Å²) in [5.74, 6) is -0.727. The summed E-state index contributed by atoms with van der Waals surface area (Å²) in [7, 11) is 0. The van der Waals surface area contributed by atoms with Gasteiger partial charge in [-0.15, -0.1) is 0 Å². The summed E-state index contributed by atoms with van der Waals surface area (Å²) in [6.45, 7) is 1.83. The second kappa shape index (κ2) is 8.22. The minimum absolute atomic E-state index is 0.0286. The SMILES string of the molecule is CC(NC(=O)CCC(=O)N1CC(=O)Nc2ccccc21)c1ccc(Cl)cc1. The van der Waals surface area contributed by atoms with Crippen molar-refractivity contribution in [1.82, 2.24) is 5.32 Å². The molecule has 3 amide bonds. The van der Waals surface area contributed by atoms with Gasteiger partial charge in [-0.3, -0.25) is 14.4 Å². The number of hydrogen-bond donors (Lipinski definition) is 2. The highest BCUT2D eigenvalue weighted by molar-refractivity contribution is 6.30. The molecule has 0 bridgehead atoms. The summed E-state index contributed by atoms with van der Waals surface area (Å²) in [5, 5.41) is 6.24. The number of fused-ring (bicyclic) bond motifs is 1. The van der Waals surface area contributed by atoms with Crippen molar-refractivity contribution >= 4 is 40.7 Å². The third-order valence-electron chi connectivity index (χ3n) is 4.39. The van der Waals surface area contributed by atoms with E-state index in [9.17, 15) is 14.4 Å². The highest BCUT2D eigenvalue weighted by Gasteiger charge is 2.26. The van der Waals surface area contributed by atoms with E-state index >= 15 is 0 Å². The Kier molecular flexibility index (Phi) is 5.76. The molecule has 0 spiro atoms. The number of benzene rings is 2. The first-order valence-electron chi connectivity index (χ1n) is 8.68. The molecular weight excluding hydrogens is 366 g/mol. The van der Waals surface area contributed by atoms with Gasteiger partial charge in [0.15, 0.2) is 0 Å². The fraction of sp³-hybridized carbons (Fsp3) is 0.250. The fourth-order valence-electron chi connectivity index (χ4n) is 2.96. The predicted octanol–water partition coefficient (Wildman–Crippen LogP) is 3.28. The zero-order valence-corrected chi connectivity index (χ0v) is 15.6. The number of amides is 3. The van der Waals surface area contributed by atoms with Gasteiger partial charge in [-0.05, 0) is 36.8 Å². The molecule has 2 aromatic rings. The third kappa shape index (κ3) is 4.65. The quantitative estimate of drug-likeness (QED) is 0.829. The van der Waals surface area contributed by atoms with Crippen LogP contribution in [0.5, 0.6) is 0 Å². The van der Waals surface area contributed by atoms with Gasteiger partial charge in [0.2, 0.25) is 17.7 Å². The van der Waals surface area contributed by atoms with Crippen LogP contribution in [0.25, 0.3) is 0 Å². The first kappa shape index (κ1) is 18.9. The second-order valence-electron chi connectivity index (χ2n) is 6.39. The van der Waals surface area contributed by atoms with E-state index in [2.05, 4.69) is 10.6 Å². The van der Waals surface area contributed by atoms with E-state index in [1.807, 2.05) is 19.1 Å². The molecule has 0 radical (unpaired) electrons. The van der Waals surface area contributed by atoms with E-state index in [-0.39, 0.29) is 43.1 Å². The van der Waals surface area contributed by atoms with E-state index in [1.165, 1.54) is 4.90 Å². The van der Waals surface area contributed by atoms with E-state index < -0.39 is 0 Å². The van der Waals surface area contributed by atoms with Crippen LogP contribution in [0.3, 0.4) is 0 Å². The minimum Gasteiger partial charge on any atom is -0.350 e. The van der Waals surface area contributed by atoms with Crippen molar-refractivity contribution in [2.75, 3.05) is 16.8 Å². The standard InChI is InChI=1S/C20H20ClN3O3/c1-13(14-6-8-15(21)9-7-14)22-18(25)10-11-20(27)24-12-19(26)23-16-4-2-3-5-17(16)24/h2-9,13H,10-12H2,1H3,(H,22,25)(H,23,26). The Labute approximate surface area is 162 Å². The maximum atomic E-state index is 12.6. The average molecular weight is 386 g/mol. The lowest BCUT2D eigenvalue weighted by atomic mass is 10.1. The molecule has 0 aromatic heterocycles. The summed E-state index contributed by atoms with van der Waals surface area (Å²) < 4.78 is 0. The van der Waals surface area contributed by atoms with E-state index in [0.29, 0.717) is 16.4 Å². The topological polar surface area (TPSA) is 78.5 Å². The highest BCUT2D eigenvalue weighted by Crippen LogP contribution is 2.29. The monoisotopic (exact) mass is 385 g/mol. The van der Waals surface area contributed by atoms with Crippen molar-refractivity contribution in [1.29, 1.82) is 0 Å². The van der Waals surface area contributed by atoms with Gasteiger partial charge >= 0.3 is 0 Å². The lowest BCUT2D eigenvalue weighted by Crippen LogP contribution is -2.42. The van der Waals surface area contributed by atoms with Crippen LogP contribution in [0.2, 0.25) is 5.02 Å². The molecule has 1 atom stereocenters. The molecule has 1 heterocycles. The first-order chi connectivity index (χ1) is 12.9. The Morgan fingerprint density at radius 2 is 1.85 bits per heavy atom. The number of carbonyl (C=O) groups excluding carboxylic acids is 3. The van der Waals surface area contributed by atoms with Crippen molar-refractivity contribution in [3.8, 4) is 0 Å². The zero-order chi connectivity index (χ0) is 19.4. The average Bonchev–Trinajstić information content (AvgIpc) is 2.65. The van der Waals surface area contributed by atoms with Crippen LogP contribution in [0.1, 0.15) is 31.4 Å². The molecule has 1 aliphatic heterocycles. The van der Waals surface area contributed by atoms with Crippen molar-refractivity contribution in [3.05, 3.63) is 59.1 Å². The number of nitrogens with zero attached hydrogens (tertiary/aromatic N) is 1. The maximum absolute atomic E-state index is 12.6. The van der Waals surface area contributed by atoms with Gasteiger partial charge in [0.25, 0.3) is 0 Å². The molecule has 1 unspecified atom stereocenters. The Bertz CT molecular complexity index is 867. The summed E-state index contributed by atoms with van der Waals surface area (Å²) >= 11 is 5.87. The predicted molar refractivity (Wildman–Crippen MR) is 105 cm³/mol. The number of para-hydroxylation sites is 2. The number of carbonyl (C=O) groups is 3. The Morgan fingerprint density at radius 3 is 2.59 bits per heavy atom. The number of rotatable bonds is 5. The van der Waals surface area contributed by atoms with Crippen LogP contribution < -0.4 is 15.5 Å². The van der Waals surface area contributed by atoms with Crippen LogP contribution in [0, 0.1) is 0 Å². The Balaban J connectivity index is 1.57. The van der Waals surface area contributed by atoms with Crippen molar-refractivity contribution < 1.29 is 14.4 Å². The van der Waals surface area contributed by atoms with E-state index in [4.69, 9.17) is 11.6 Å². The lowest BCUT2D eigenvalue weighted by Gasteiger charge is -2.29. The Morgan fingerprint density at radius 1 is 1.15 bits per heavy atom. The van der Waals surface area contributed by atoms with Gasteiger partial charge in [-0.25, -0.2) is 0 Å². The molecule has 6 nitrogen and oxygen atoms in total. The Hall–Kier alpha value is -2.86. The fourth-order valence-corrected chi connectivity index (χ4v) is 3.09. The zero-order valence-electron chi connectivity index (χ0n) is 14.9. The number of halogens is 1. The molecule has 2 N–H and O–H groups in total. The summed E-state index contributed by atoms with van der Waals surface area (Å²) in [6, 6.07) is 14.2. The summed E-state index contributed by atoms with van der Waals surface area (Å²) in [4.78, 5) is 38.0. The van der Waals surface area contributed by atoms with Crippen LogP contribution >= 0.6 is 11.6 Å². The largest absolute Gasteiger partial charge is 0.350 e. The highest BCUT2D eigenvalue weighted by atomic mass is 35.5. The van der Waals surface area contributed by atoms with Crippen LogP contribution in [0.4, 0.5) is 11.4 Å².